The van der Waals surface area contributed by atoms with Crippen LogP contribution in [0.15, 0.2) is 12.4 Å². The van der Waals surface area contributed by atoms with Crippen molar-refractivity contribution in [1.29, 1.82) is 0 Å². The first-order valence-electron chi connectivity index (χ1n) is 7.91. The summed E-state index contributed by atoms with van der Waals surface area (Å²) < 4.78 is 5.56. The van der Waals surface area contributed by atoms with Gasteiger partial charge in [-0.15, -0.1) is 0 Å². The van der Waals surface area contributed by atoms with Crippen molar-refractivity contribution in [2.75, 3.05) is 39.9 Å². The lowest BCUT2D eigenvalue weighted by molar-refractivity contribution is -0.00833. The van der Waals surface area contributed by atoms with E-state index in [0.717, 1.165) is 45.0 Å². The zero-order valence-electron chi connectivity index (χ0n) is 13.6. The van der Waals surface area contributed by atoms with Crippen LogP contribution >= 0.6 is 0 Å². The summed E-state index contributed by atoms with van der Waals surface area (Å²) in [6.45, 7) is 8.09. The van der Waals surface area contributed by atoms with Crippen molar-refractivity contribution in [3.8, 4) is 0 Å². The Kier molecular flexibility index (Phi) is 4.14. The zero-order valence-corrected chi connectivity index (χ0v) is 13.6. The lowest BCUT2D eigenvalue weighted by Crippen LogP contribution is -2.68. The van der Waals surface area contributed by atoms with Gasteiger partial charge in [0.15, 0.2) is 0 Å². The van der Waals surface area contributed by atoms with Gasteiger partial charge in [-0.05, 0) is 33.2 Å². The first-order valence-corrected chi connectivity index (χ1v) is 7.91. The quantitative estimate of drug-likeness (QED) is 0.829. The van der Waals surface area contributed by atoms with Crippen LogP contribution in [0.4, 0.5) is 0 Å². The molecule has 120 valence electrons. The molecule has 2 fully saturated rings. The number of nitrogens with zero attached hydrogens (tertiary/aromatic N) is 4. The van der Waals surface area contributed by atoms with Crippen molar-refractivity contribution in [2.45, 2.75) is 25.8 Å². The van der Waals surface area contributed by atoms with Gasteiger partial charge in [-0.1, -0.05) is 0 Å². The minimum absolute atomic E-state index is 0.0141. The van der Waals surface area contributed by atoms with E-state index < -0.39 is 0 Å². The minimum Gasteiger partial charge on any atom is -0.381 e. The standard InChI is InChI=1S/C16H24N4O2/c1-4-22-9-13-5-16(19(3)8-13)10-20(11-16)15(21)14-7-17-12(2)6-18-14/h6-7,13H,4-5,8-11H2,1-3H3. The molecule has 0 saturated carbocycles. The highest BCUT2D eigenvalue weighted by Gasteiger charge is 2.53. The molecule has 6 nitrogen and oxygen atoms in total. The highest BCUT2D eigenvalue weighted by molar-refractivity contribution is 5.92. The Morgan fingerprint density at radius 2 is 2.18 bits per heavy atom. The molecule has 1 atom stereocenters. The number of likely N-dealkylation sites (tertiary alicyclic amines) is 2. The van der Waals surface area contributed by atoms with Crippen LogP contribution in [0, 0.1) is 12.8 Å². The van der Waals surface area contributed by atoms with E-state index in [1.165, 1.54) is 0 Å². The van der Waals surface area contributed by atoms with Gasteiger partial charge in [0.2, 0.25) is 0 Å². The number of hydrogen-bond donors (Lipinski definition) is 0. The Balaban J connectivity index is 1.59. The molecule has 0 N–H and O–H groups in total. The summed E-state index contributed by atoms with van der Waals surface area (Å²) in [6.07, 6.45) is 4.31. The maximum atomic E-state index is 12.4. The van der Waals surface area contributed by atoms with Crippen molar-refractivity contribution in [3.63, 3.8) is 0 Å². The van der Waals surface area contributed by atoms with Crippen LogP contribution in [0.1, 0.15) is 29.5 Å². The van der Waals surface area contributed by atoms with Gasteiger partial charge >= 0.3 is 0 Å². The van der Waals surface area contributed by atoms with Crippen molar-refractivity contribution in [1.82, 2.24) is 19.8 Å². The monoisotopic (exact) mass is 304 g/mol. The summed E-state index contributed by atoms with van der Waals surface area (Å²) in [5, 5.41) is 0. The Labute approximate surface area is 131 Å². The molecule has 22 heavy (non-hydrogen) atoms. The first kappa shape index (κ1) is 15.4. The van der Waals surface area contributed by atoms with E-state index in [1.54, 1.807) is 12.4 Å². The van der Waals surface area contributed by atoms with Crippen LogP contribution in [0.2, 0.25) is 0 Å². The van der Waals surface area contributed by atoms with E-state index in [-0.39, 0.29) is 11.4 Å². The van der Waals surface area contributed by atoms with E-state index in [1.807, 2.05) is 18.7 Å². The molecule has 0 radical (unpaired) electrons. The first-order chi connectivity index (χ1) is 10.5. The molecule has 3 rings (SSSR count). The number of carbonyl (C=O) groups excluding carboxylic acids is 1. The lowest BCUT2D eigenvalue weighted by atomic mass is 9.84. The number of hydrogen-bond acceptors (Lipinski definition) is 5. The average molecular weight is 304 g/mol. The summed E-state index contributed by atoms with van der Waals surface area (Å²) in [7, 11) is 2.15. The van der Waals surface area contributed by atoms with Gasteiger partial charge in [0.25, 0.3) is 5.91 Å². The van der Waals surface area contributed by atoms with E-state index in [4.69, 9.17) is 4.74 Å². The second-order valence-corrected chi connectivity index (χ2v) is 6.54. The predicted molar refractivity (Wildman–Crippen MR) is 82.6 cm³/mol. The van der Waals surface area contributed by atoms with Crippen LogP contribution in [-0.4, -0.2) is 71.1 Å². The molecule has 6 heteroatoms. The van der Waals surface area contributed by atoms with Gasteiger partial charge in [-0.25, -0.2) is 4.98 Å². The molecule has 1 amide bonds. The van der Waals surface area contributed by atoms with Gasteiger partial charge in [0.05, 0.1) is 24.0 Å². The molecule has 2 aliphatic heterocycles. The van der Waals surface area contributed by atoms with Gasteiger partial charge in [0, 0.05) is 32.4 Å². The third-order valence-electron chi connectivity index (χ3n) is 4.83. The molecule has 1 aromatic rings. The Morgan fingerprint density at radius 1 is 1.41 bits per heavy atom. The SMILES string of the molecule is CCOCC1CN(C)C2(C1)CN(C(=O)c1cnc(C)cn1)C2. The molecule has 0 bridgehead atoms. The number of aromatic nitrogens is 2. The van der Waals surface area contributed by atoms with E-state index in [9.17, 15) is 4.79 Å². The number of rotatable bonds is 4. The number of amides is 1. The van der Waals surface area contributed by atoms with Gasteiger partial charge < -0.3 is 9.64 Å². The van der Waals surface area contributed by atoms with Crippen LogP contribution in [-0.2, 0) is 4.74 Å². The molecular formula is C16H24N4O2. The van der Waals surface area contributed by atoms with Gasteiger partial charge in [-0.2, -0.15) is 0 Å². The van der Waals surface area contributed by atoms with Crippen molar-refractivity contribution in [2.24, 2.45) is 5.92 Å². The summed E-state index contributed by atoms with van der Waals surface area (Å²) in [6, 6.07) is 0. The normalized spacial score (nSPS) is 23.8. The number of aryl methyl sites for hydroxylation is 1. The maximum Gasteiger partial charge on any atom is 0.274 e. The van der Waals surface area contributed by atoms with Crippen LogP contribution in [0.5, 0.6) is 0 Å². The fourth-order valence-corrected chi connectivity index (χ4v) is 3.58. The Hall–Kier alpha value is -1.53. The smallest absolute Gasteiger partial charge is 0.274 e. The maximum absolute atomic E-state index is 12.4. The molecule has 2 aliphatic rings. The van der Waals surface area contributed by atoms with Crippen LogP contribution in [0.3, 0.4) is 0 Å². The highest BCUT2D eigenvalue weighted by atomic mass is 16.5. The second-order valence-electron chi connectivity index (χ2n) is 6.54. The summed E-state index contributed by atoms with van der Waals surface area (Å²) in [5.41, 5.74) is 1.40. The van der Waals surface area contributed by atoms with E-state index >= 15 is 0 Å². The second kappa shape index (κ2) is 5.93. The molecular weight excluding hydrogens is 280 g/mol. The van der Waals surface area contributed by atoms with Crippen molar-refractivity contribution in [3.05, 3.63) is 23.8 Å². The molecule has 1 spiro atoms. The summed E-state index contributed by atoms with van der Waals surface area (Å²) in [4.78, 5) is 25.0. The summed E-state index contributed by atoms with van der Waals surface area (Å²) >= 11 is 0. The van der Waals surface area contributed by atoms with Crippen molar-refractivity contribution < 1.29 is 9.53 Å². The Morgan fingerprint density at radius 3 is 2.82 bits per heavy atom. The minimum atomic E-state index is -0.0141. The molecule has 0 aromatic carbocycles. The zero-order chi connectivity index (χ0) is 15.7. The van der Waals surface area contributed by atoms with Crippen LogP contribution in [0.25, 0.3) is 0 Å². The van der Waals surface area contributed by atoms with Gasteiger partial charge in [-0.3, -0.25) is 14.7 Å². The average Bonchev–Trinajstić information content (AvgIpc) is 2.80. The Bertz CT molecular complexity index is 540. The van der Waals surface area contributed by atoms with E-state index in [0.29, 0.717) is 11.6 Å². The highest BCUT2D eigenvalue weighted by Crippen LogP contribution is 2.39. The predicted octanol–water partition coefficient (Wildman–Crippen LogP) is 0.968. The number of likely N-dealkylation sites (N-methyl/N-ethyl adjacent to an activating group) is 1. The fraction of sp³-hybridized carbons (Fsp3) is 0.688. The summed E-state index contributed by atoms with van der Waals surface area (Å²) in [5.74, 6) is 0.557. The molecule has 0 aliphatic carbocycles. The lowest BCUT2D eigenvalue weighted by Gasteiger charge is -2.51. The molecule has 1 aromatic heterocycles. The third-order valence-corrected chi connectivity index (χ3v) is 4.83. The molecule has 3 heterocycles. The third kappa shape index (κ3) is 2.73. The topological polar surface area (TPSA) is 58.6 Å². The number of ether oxygens (including phenoxy) is 1. The number of carbonyl (C=O) groups is 1. The molecule has 2 saturated heterocycles. The fourth-order valence-electron chi connectivity index (χ4n) is 3.58. The molecule has 1 unspecified atom stereocenters. The van der Waals surface area contributed by atoms with Crippen LogP contribution < -0.4 is 0 Å². The largest absolute Gasteiger partial charge is 0.381 e. The van der Waals surface area contributed by atoms with Crippen molar-refractivity contribution >= 4 is 5.91 Å². The van der Waals surface area contributed by atoms with Gasteiger partial charge in [0.1, 0.15) is 5.69 Å². The van der Waals surface area contributed by atoms with E-state index in [2.05, 4.69) is 21.9 Å².